The summed E-state index contributed by atoms with van der Waals surface area (Å²) in [6, 6.07) is 6.70. The summed E-state index contributed by atoms with van der Waals surface area (Å²) in [6.07, 6.45) is -4.43. The molecule has 0 saturated carbocycles. The molecule has 0 atom stereocenters. The summed E-state index contributed by atoms with van der Waals surface area (Å²) < 4.78 is 52.1. The number of rotatable bonds is 4. The van der Waals surface area contributed by atoms with Crippen LogP contribution in [0.25, 0.3) is 0 Å². The summed E-state index contributed by atoms with van der Waals surface area (Å²) in [5, 5.41) is 6.71. The highest BCUT2D eigenvalue weighted by molar-refractivity contribution is 5.43. The Balaban J connectivity index is 2.12. The molecule has 0 unspecified atom stereocenters. The van der Waals surface area contributed by atoms with Crippen molar-refractivity contribution in [1.29, 1.82) is 0 Å². The van der Waals surface area contributed by atoms with Gasteiger partial charge in [0.2, 0.25) is 0 Å². The van der Waals surface area contributed by atoms with Crippen LogP contribution in [0.15, 0.2) is 30.3 Å². The maximum atomic E-state index is 13.0. The topological polar surface area (TPSA) is 29.9 Å². The summed E-state index contributed by atoms with van der Waals surface area (Å²) in [5.74, 6) is -0.412. The molecule has 1 N–H and O–H groups in total. The predicted molar refractivity (Wildman–Crippen MR) is 66.6 cm³/mol. The zero-order chi connectivity index (χ0) is 14.8. The summed E-state index contributed by atoms with van der Waals surface area (Å²) >= 11 is 0. The first-order valence-corrected chi connectivity index (χ1v) is 6.03. The molecule has 20 heavy (non-hydrogen) atoms. The molecule has 0 aliphatic rings. The third-order valence-electron chi connectivity index (χ3n) is 2.72. The molecule has 0 amide bonds. The summed E-state index contributed by atoms with van der Waals surface area (Å²) in [4.78, 5) is 0. The summed E-state index contributed by atoms with van der Waals surface area (Å²) in [5.41, 5.74) is -0.0379. The van der Waals surface area contributed by atoms with Crippen LogP contribution >= 0.6 is 0 Å². The molecule has 3 nitrogen and oxygen atoms in total. The fraction of sp³-hybridized carbons (Fsp3) is 0.308. The number of benzene rings is 1. The Kier molecular flexibility index (Phi) is 3.96. The van der Waals surface area contributed by atoms with Crippen molar-refractivity contribution in [3.05, 3.63) is 47.5 Å². The molecule has 0 fully saturated rings. The van der Waals surface area contributed by atoms with E-state index in [4.69, 9.17) is 0 Å². The molecular formula is C13H13F4N3. The lowest BCUT2D eigenvalue weighted by Crippen LogP contribution is -2.13. The van der Waals surface area contributed by atoms with Crippen LogP contribution in [0.5, 0.6) is 0 Å². The molecule has 2 aromatic rings. The van der Waals surface area contributed by atoms with E-state index < -0.39 is 17.7 Å². The number of nitrogens with zero attached hydrogens (tertiary/aromatic N) is 2. The number of hydrogen-bond acceptors (Lipinski definition) is 2. The standard InChI is InChI=1S/C13H13F4N3/c1-2-20-12(13(15,16)17)7-11(19-20)8-18-10-5-3-4-9(14)6-10/h3-7,18H,2,8H2,1H3. The van der Waals surface area contributed by atoms with Crippen molar-refractivity contribution in [1.82, 2.24) is 9.78 Å². The Bertz CT molecular complexity index is 590. The second kappa shape index (κ2) is 5.52. The lowest BCUT2D eigenvalue weighted by molar-refractivity contribution is -0.144. The Hall–Kier alpha value is -2.05. The predicted octanol–water partition coefficient (Wildman–Crippen LogP) is 3.67. The monoisotopic (exact) mass is 287 g/mol. The van der Waals surface area contributed by atoms with Gasteiger partial charge < -0.3 is 5.32 Å². The number of aromatic nitrogens is 2. The average molecular weight is 287 g/mol. The van der Waals surface area contributed by atoms with Crippen molar-refractivity contribution < 1.29 is 17.6 Å². The van der Waals surface area contributed by atoms with Crippen LogP contribution in [0.1, 0.15) is 18.3 Å². The van der Waals surface area contributed by atoms with Crippen molar-refractivity contribution in [3.63, 3.8) is 0 Å². The van der Waals surface area contributed by atoms with Gasteiger partial charge in [0.05, 0.1) is 12.2 Å². The minimum absolute atomic E-state index is 0.0968. The molecule has 0 bridgehead atoms. The van der Waals surface area contributed by atoms with Gasteiger partial charge >= 0.3 is 6.18 Å². The molecule has 1 heterocycles. The van der Waals surface area contributed by atoms with Crippen LogP contribution < -0.4 is 5.32 Å². The van der Waals surface area contributed by atoms with Crippen molar-refractivity contribution >= 4 is 5.69 Å². The third kappa shape index (κ3) is 3.28. The van der Waals surface area contributed by atoms with Gasteiger partial charge in [-0.25, -0.2) is 4.39 Å². The van der Waals surface area contributed by atoms with Crippen LogP contribution in [0.2, 0.25) is 0 Å². The van der Waals surface area contributed by atoms with Crippen molar-refractivity contribution in [2.24, 2.45) is 0 Å². The normalized spacial score (nSPS) is 11.7. The highest BCUT2D eigenvalue weighted by Gasteiger charge is 2.35. The molecule has 0 aliphatic heterocycles. The molecule has 0 spiro atoms. The number of aryl methyl sites for hydroxylation is 1. The number of hydrogen-bond donors (Lipinski definition) is 1. The highest BCUT2D eigenvalue weighted by Crippen LogP contribution is 2.29. The molecule has 0 saturated heterocycles. The van der Waals surface area contributed by atoms with E-state index >= 15 is 0 Å². The van der Waals surface area contributed by atoms with Crippen molar-refractivity contribution in [2.45, 2.75) is 26.2 Å². The van der Waals surface area contributed by atoms with Crippen LogP contribution in [-0.4, -0.2) is 9.78 Å². The molecule has 1 aromatic carbocycles. The first-order valence-electron chi connectivity index (χ1n) is 6.03. The van der Waals surface area contributed by atoms with Crippen LogP contribution in [-0.2, 0) is 19.3 Å². The van der Waals surface area contributed by atoms with Crippen molar-refractivity contribution in [3.8, 4) is 0 Å². The van der Waals surface area contributed by atoms with E-state index in [-0.39, 0.29) is 18.8 Å². The molecule has 1 aromatic heterocycles. The quantitative estimate of drug-likeness (QED) is 0.869. The number of alkyl halides is 3. The van der Waals surface area contributed by atoms with E-state index in [1.54, 1.807) is 13.0 Å². The maximum Gasteiger partial charge on any atom is 0.433 e. The van der Waals surface area contributed by atoms with Gasteiger partial charge in [0, 0.05) is 12.2 Å². The fourth-order valence-electron chi connectivity index (χ4n) is 1.82. The van der Waals surface area contributed by atoms with E-state index in [2.05, 4.69) is 10.4 Å². The Morgan fingerprint density at radius 1 is 1.25 bits per heavy atom. The van der Waals surface area contributed by atoms with E-state index in [0.29, 0.717) is 5.69 Å². The van der Waals surface area contributed by atoms with Gasteiger partial charge in [-0.3, -0.25) is 4.68 Å². The molecule has 0 radical (unpaired) electrons. The van der Waals surface area contributed by atoms with Crippen LogP contribution in [0.4, 0.5) is 23.2 Å². The zero-order valence-corrected chi connectivity index (χ0v) is 10.7. The molecule has 0 aliphatic carbocycles. The van der Waals surface area contributed by atoms with E-state index in [0.717, 1.165) is 10.7 Å². The Labute approximate surface area is 113 Å². The van der Waals surface area contributed by atoms with Gasteiger partial charge in [-0.05, 0) is 31.2 Å². The molecule has 108 valence electrons. The van der Waals surface area contributed by atoms with Crippen molar-refractivity contribution in [2.75, 3.05) is 5.32 Å². The third-order valence-corrected chi connectivity index (χ3v) is 2.72. The average Bonchev–Trinajstić information content (AvgIpc) is 2.80. The number of anilines is 1. The second-order valence-corrected chi connectivity index (χ2v) is 4.20. The second-order valence-electron chi connectivity index (χ2n) is 4.20. The SMILES string of the molecule is CCn1nc(CNc2cccc(F)c2)cc1C(F)(F)F. The molecular weight excluding hydrogens is 274 g/mol. The van der Waals surface area contributed by atoms with Crippen LogP contribution in [0.3, 0.4) is 0 Å². The minimum atomic E-state index is -4.43. The first kappa shape index (κ1) is 14.4. The Morgan fingerprint density at radius 2 is 2.00 bits per heavy atom. The van der Waals surface area contributed by atoms with Gasteiger partial charge in [-0.2, -0.15) is 18.3 Å². The van der Waals surface area contributed by atoms with Gasteiger partial charge in [0.1, 0.15) is 11.5 Å². The first-order chi connectivity index (χ1) is 9.40. The minimum Gasteiger partial charge on any atom is -0.379 e. The van der Waals surface area contributed by atoms with Crippen LogP contribution in [0, 0.1) is 5.82 Å². The molecule has 2 rings (SSSR count). The maximum absolute atomic E-state index is 13.0. The van der Waals surface area contributed by atoms with E-state index in [1.807, 2.05) is 0 Å². The highest BCUT2D eigenvalue weighted by atomic mass is 19.4. The lowest BCUT2D eigenvalue weighted by Gasteiger charge is -2.07. The van der Waals surface area contributed by atoms with E-state index in [1.165, 1.54) is 18.2 Å². The summed E-state index contributed by atoms with van der Waals surface area (Å²) in [6.45, 7) is 1.82. The largest absolute Gasteiger partial charge is 0.433 e. The summed E-state index contributed by atoms with van der Waals surface area (Å²) in [7, 11) is 0. The van der Waals surface area contributed by atoms with Gasteiger partial charge in [0.25, 0.3) is 0 Å². The van der Waals surface area contributed by atoms with E-state index in [9.17, 15) is 17.6 Å². The molecule has 7 heteroatoms. The number of nitrogens with one attached hydrogen (secondary N) is 1. The van der Waals surface area contributed by atoms with Gasteiger partial charge in [-0.1, -0.05) is 6.07 Å². The fourth-order valence-corrected chi connectivity index (χ4v) is 1.82. The zero-order valence-electron chi connectivity index (χ0n) is 10.7. The number of halogens is 4. The lowest BCUT2D eigenvalue weighted by atomic mass is 10.3. The van der Waals surface area contributed by atoms with Gasteiger partial charge in [0.15, 0.2) is 0 Å². The van der Waals surface area contributed by atoms with Gasteiger partial charge in [-0.15, -0.1) is 0 Å². The smallest absolute Gasteiger partial charge is 0.379 e. The Morgan fingerprint density at radius 3 is 2.55 bits per heavy atom.